The van der Waals surface area contributed by atoms with Gasteiger partial charge in [0.2, 0.25) is 0 Å². The van der Waals surface area contributed by atoms with E-state index in [0.29, 0.717) is 16.4 Å². The zero-order valence-corrected chi connectivity index (χ0v) is 13.0. The largest absolute Gasteiger partial charge is 0.398 e. The van der Waals surface area contributed by atoms with Gasteiger partial charge in [-0.1, -0.05) is 30.9 Å². The number of carbonyl (C=O) groups excluding carboxylic acids is 1. The zero-order chi connectivity index (χ0) is 15.9. The number of nitriles is 1. The van der Waals surface area contributed by atoms with E-state index in [1.165, 1.54) is 12.6 Å². The number of anilines is 2. The van der Waals surface area contributed by atoms with E-state index < -0.39 is 0 Å². The third kappa shape index (κ3) is 4.40. The average Bonchev–Trinajstić information content (AvgIpc) is 2.52. The van der Waals surface area contributed by atoms with Crippen LogP contribution in [0, 0.1) is 11.3 Å². The highest BCUT2D eigenvalue weighted by atomic mass is 35.5. The van der Waals surface area contributed by atoms with Crippen LogP contribution in [0.1, 0.15) is 32.1 Å². The molecule has 0 aliphatic heterocycles. The van der Waals surface area contributed by atoms with Crippen molar-refractivity contribution < 1.29 is 4.79 Å². The van der Waals surface area contributed by atoms with Gasteiger partial charge in [0.1, 0.15) is 11.6 Å². The predicted molar refractivity (Wildman–Crippen MR) is 88.2 cm³/mol. The molecule has 1 aromatic carbocycles. The minimum absolute atomic E-state index is 0.0403. The Balaban J connectivity index is 1.98. The van der Waals surface area contributed by atoms with Gasteiger partial charge in [-0.25, -0.2) is 0 Å². The highest BCUT2D eigenvalue weighted by Crippen LogP contribution is 2.22. The first-order chi connectivity index (χ1) is 10.6. The Morgan fingerprint density at radius 2 is 2.09 bits per heavy atom. The highest BCUT2D eigenvalue weighted by Gasteiger charge is 2.17. The predicted octanol–water partition coefficient (Wildman–Crippen LogP) is 3.19. The van der Waals surface area contributed by atoms with E-state index in [2.05, 4.69) is 10.6 Å². The summed E-state index contributed by atoms with van der Waals surface area (Å²) in [5.41, 5.74) is 6.81. The maximum absolute atomic E-state index is 12.1. The molecule has 1 amide bonds. The van der Waals surface area contributed by atoms with Gasteiger partial charge < -0.3 is 16.4 Å². The number of nitrogens with zero attached hydrogens (tertiary/aromatic N) is 1. The van der Waals surface area contributed by atoms with E-state index in [-0.39, 0.29) is 17.5 Å². The molecule has 6 heteroatoms. The highest BCUT2D eigenvalue weighted by molar-refractivity contribution is 6.33. The van der Waals surface area contributed by atoms with Crippen molar-refractivity contribution in [1.29, 1.82) is 5.26 Å². The van der Waals surface area contributed by atoms with Crippen LogP contribution in [0.3, 0.4) is 0 Å². The average molecular weight is 319 g/mol. The third-order valence-electron chi connectivity index (χ3n) is 3.69. The molecule has 0 saturated heterocycles. The van der Waals surface area contributed by atoms with Gasteiger partial charge >= 0.3 is 0 Å². The van der Waals surface area contributed by atoms with Crippen LogP contribution in [0.15, 0.2) is 30.0 Å². The van der Waals surface area contributed by atoms with E-state index in [0.717, 1.165) is 25.7 Å². The van der Waals surface area contributed by atoms with Crippen LogP contribution in [-0.4, -0.2) is 11.9 Å². The molecular formula is C16H19ClN4O. The number of carbonyl (C=O) groups is 1. The molecule has 0 aromatic heterocycles. The number of rotatable bonds is 4. The summed E-state index contributed by atoms with van der Waals surface area (Å²) in [6, 6.07) is 7.11. The molecular weight excluding hydrogens is 300 g/mol. The normalized spacial score (nSPS) is 15.9. The number of hydrogen-bond donors (Lipinski definition) is 3. The summed E-state index contributed by atoms with van der Waals surface area (Å²) >= 11 is 5.92. The quantitative estimate of drug-likeness (QED) is 0.451. The molecule has 1 fully saturated rings. The summed E-state index contributed by atoms with van der Waals surface area (Å²) in [6.07, 6.45) is 6.81. The topological polar surface area (TPSA) is 90.9 Å². The Kier molecular flexibility index (Phi) is 5.68. The molecule has 0 spiro atoms. The second-order valence-corrected chi connectivity index (χ2v) is 5.77. The zero-order valence-electron chi connectivity index (χ0n) is 12.2. The molecule has 1 saturated carbocycles. The van der Waals surface area contributed by atoms with Crippen molar-refractivity contribution in [3.05, 3.63) is 35.0 Å². The van der Waals surface area contributed by atoms with E-state index in [4.69, 9.17) is 22.6 Å². The number of benzene rings is 1. The van der Waals surface area contributed by atoms with Crippen LogP contribution in [0.4, 0.5) is 11.4 Å². The smallest absolute Gasteiger partial charge is 0.263 e. The molecule has 4 N–H and O–H groups in total. The summed E-state index contributed by atoms with van der Waals surface area (Å²) in [5.74, 6) is -0.344. The fourth-order valence-corrected chi connectivity index (χ4v) is 2.61. The molecule has 2 rings (SSSR count). The van der Waals surface area contributed by atoms with Crippen molar-refractivity contribution in [2.45, 2.75) is 38.1 Å². The van der Waals surface area contributed by atoms with Crippen LogP contribution in [0.2, 0.25) is 5.02 Å². The molecule has 116 valence electrons. The van der Waals surface area contributed by atoms with Crippen molar-refractivity contribution in [3.63, 3.8) is 0 Å². The van der Waals surface area contributed by atoms with Gasteiger partial charge in [-0.3, -0.25) is 4.79 Å². The second-order valence-electron chi connectivity index (χ2n) is 5.36. The molecule has 0 radical (unpaired) electrons. The second kappa shape index (κ2) is 7.71. The van der Waals surface area contributed by atoms with Crippen molar-refractivity contribution in [2.75, 3.05) is 11.1 Å². The minimum atomic E-state index is -0.344. The standard InChI is InChI=1S/C16H19ClN4O/c17-14-8-13(6-7-15(14)19)20-10-11(9-18)16(22)21-12-4-2-1-3-5-12/h6-8,10,12,20H,1-5,19H2,(H,21,22)/b11-10-. The molecule has 1 aliphatic rings. The van der Waals surface area contributed by atoms with Crippen LogP contribution >= 0.6 is 11.6 Å². The maximum Gasteiger partial charge on any atom is 0.263 e. The van der Waals surface area contributed by atoms with Gasteiger partial charge in [-0.15, -0.1) is 0 Å². The van der Waals surface area contributed by atoms with Gasteiger partial charge in [0.25, 0.3) is 5.91 Å². The molecule has 5 nitrogen and oxygen atoms in total. The summed E-state index contributed by atoms with van der Waals surface area (Å²) in [5, 5.41) is 15.4. The Morgan fingerprint density at radius 1 is 1.36 bits per heavy atom. The number of nitrogens with one attached hydrogen (secondary N) is 2. The minimum Gasteiger partial charge on any atom is -0.398 e. The molecule has 0 heterocycles. The van der Waals surface area contributed by atoms with E-state index in [1.54, 1.807) is 18.2 Å². The number of hydrogen-bond acceptors (Lipinski definition) is 4. The van der Waals surface area contributed by atoms with Gasteiger partial charge in [-0.2, -0.15) is 5.26 Å². The van der Waals surface area contributed by atoms with E-state index >= 15 is 0 Å². The van der Waals surface area contributed by atoms with Crippen LogP contribution in [0.25, 0.3) is 0 Å². The van der Waals surface area contributed by atoms with Gasteiger partial charge in [0.15, 0.2) is 0 Å². The molecule has 0 unspecified atom stereocenters. The summed E-state index contributed by atoms with van der Waals surface area (Å²) < 4.78 is 0. The lowest BCUT2D eigenvalue weighted by Gasteiger charge is -2.22. The number of halogens is 1. The molecule has 22 heavy (non-hydrogen) atoms. The Bertz CT molecular complexity index is 615. The first-order valence-corrected chi connectivity index (χ1v) is 7.70. The van der Waals surface area contributed by atoms with E-state index in [1.807, 2.05) is 6.07 Å². The summed E-state index contributed by atoms with van der Waals surface area (Å²) in [7, 11) is 0. The number of amides is 1. The lowest BCUT2D eigenvalue weighted by molar-refractivity contribution is -0.118. The van der Waals surface area contributed by atoms with Gasteiger partial charge in [0.05, 0.1) is 10.7 Å². The van der Waals surface area contributed by atoms with Crippen LogP contribution in [-0.2, 0) is 4.79 Å². The molecule has 0 atom stereocenters. The fraction of sp³-hybridized carbons (Fsp3) is 0.375. The molecule has 1 aliphatic carbocycles. The van der Waals surface area contributed by atoms with Gasteiger partial charge in [-0.05, 0) is 31.0 Å². The first kappa shape index (κ1) is 16.2. The fourth-order valence-electron chi connectivity index (χ4n) is 2.43. The lowest BCUT2D eigenvalue weighted by Crippen LogP contribution is -2.37. The number of nitrogens with two attached hydrogens (primary N) is 1. The summed E-state index contributed by atoms with van der Waals surface area (Å²) in [6.45, 7) is 0. The van der Waals surface area contributed by atoms with Crippen molar-refractivity contribution in [1.82, 2.24) is 5.32 Å². The van der Waals surface area contributed by atoms with Crippen molar-refractivity contribution in [3.8, 4) is 6.07 Å². The Morgan fingerprint density at radius 3 is 2.73 bits per heavy atom. The third-order valence-corrected chi connectivity index (χ3v) is 4.02. The number of nitrogen functional groups attached to an aromatic ring is 1. The summed E-state index contributed by atoms with van der Waals surface area (Å²) in [4.78, 5) is 12.1. The Hall–Kier alpha value is -2.19. The monoisotopic (exact) mass is 318 g/mol. The molecule has 1 aromatic rings. The van der Waals surface area contributed by atoms with Crippen molar-refractivity contribution in [2.24, 2.45) is 0 Å². The lowest BCUT2D eigenvalue weighted by atomic mass is 9.95. The Labute approximate surface area is 135 Å². The SMILES string of the molecule is N#C/C(=C/Nc1ccc(N)c(Cl)c1)C(=O)NC1CCCCC1. The molecule has 0 bridgehead atoms. The first-order valence-electron chi connectivity index (χ1n) is 7.33. The van der Waals surface area contributed by atoms with E-state index in [9.17, 15) is 4.79 Å². The van der Waals surface area contributed by atoms with Crippen molar-refractivity contribution >= 4 is 28.9 Å². The van der Waals surface area contributed by atoms with Crippen LogP contribution < -0.4 is 16.4 Å². The van der Waals surface area contributed by atoms with Gasteiger partial charge in [0, 0.05) is 17.9 Å². The van der Waals surface area contributed by atoms with Crippen LogP contribution in [0.5, 0.6) is 0 Å². The maximum atomic E-state index is 12.1.